The van der Waals surface area contributed by atoms with Crippen molar-refractivity contribution in [2.45, 2.75) is 24.8 Å². The van der Waals surface area contributed by atoms with Crippen molar-refractivity contribution in [2.75, 3.05) is 11.9 Å². The summed E-state index contributed by atoms with van der Waals surface area (Å²) >= 11 is 0. The Kier molecular flexibility index (Phi) is 4.20. The van der Waals surface area contributed by atoms with Crippen molar-refractivity contribution < 1.29 is 17.9 Å². The molecule has 0 radical (unpaired) electrons. The summed E-state index contributed by atoms with van der Waals surface area (Å²) in [5.41, 5.74) is 1.25. The Morgan fingerprint density at radius 2 is 2.12 bits per heavy atom. The normalized spacial score (nSPS) is 18.8. The van der Waals surface area contributed by atoms with Gasteiger partial charge in [-0.1, -0.05) is 0 Å². The van der Waals surface area contributed by atoms with Gasteiger partial charge in [0.2, 0.25) is 21.8 Å². The van der Waals surface area contributed by atoms with E-state index >= 15 is 0 Å². The highest BCUT2D eigenvalue weighted by Crippen LogP contribution is 2.30. The van der Waals surface area contributed by atoms with E-state index in [1.54, 1.807) is 19.1 Å². The molecule has 126 valence electrons. The Labute approximate surface area is 139 Å². The summed E-state index contributed by atoms with van der Waals surface area (Å²) in [6, 6.07) is 4.50. The summed E-state index contributed by atoms with van der Waals surface area (Å²) in [5, 5.41) is 2.58. The number of pyridine rings is 2. The van der Waals surface area contributed by atoms with E-state index in [1.807, 2.05) is 0 Å². The summed E-state index contributed by atoms with van der Waals surface area (Å²) in [5.74, 6) is 0.210. The van der Waals surface area contributed by atoms with Crippen molar-refractivity contribution in [1.82, 2.24) is 14.7 Å². The maximum Gasteiger partial charge on any atom is 0.246 e. The van der Waals surface area contributed by atoms with E-state index < -0.39 is 10.0 Å². The molecule has 2 aromatic heterocycles. The molecule has 1 atom stereocenters. The molecule has 0 unspecified atom stereocenters. The van der Waals surface area contributed by atoms with Crippen LogP contribution in [0.25, 0.3) is 11.1 Å². The van der Waals surface area contributed by atoms with E-state index in [1.165, 1.54) is 25.4 Å². The van der Waals surface area contributed by atoms with Crippen LogP contribution in [0.15, 0.2) is 35.5 Å². The van der Waals surface area contributed by atoms with Crippen LogP contribution in [0.1, 0.15) is 13.8 Å². The van der Waals surface area contributed by atoms with E-state index in [-0.39, 0.29) is 29.3 Å². The number of sulfonamides is 1. The Balaban J connectivity index is 2.05. The summed E-state index contributed by atoms with van der Waals surface area (Å²) in [6.45, 7) is 3.31. The van der Waals surface area contributed by atoms with E-state index in [0.29, 0.717) is 16.9 Å². The van der Waals surface area contributed by atoms with Gasteiger partial charge >= 0.3 is 0 Å². The number of anilines is 1. The van der Waals surface area contributed by atoms with Gasteiger partial charge in [0.1, 0.15) is 17.3 Å². The SMILES string of the molecule is CC(=O)Nc1cc(-c2cnc3c(c2)S(=O)(=O)N[C@@H](C)CO3)ccn1. The van der Waals surface area contributed by atoms with Crippen LogP contribution in [-0.4, -0.2) is 36.9 Å². The number of hydrogen-bond donors (Lipinski definition) is 2. The van der Waals surface area contributed by atoms with Crippen LogP contribution in [0.3, 0.4) is 0 Å². The number of nitrogens with one attached hydrogen (secondary N) is 2. The largest absolute Gasteiger partial charge is 0.475 e. The molecule has 0 aromatic carbocycles. The molecule has 0 aliphatic carbocycles. The molecule has 2 aromatic rings. The van der Waals surface area contributed by atoms with Gasteiger partial charge in [-0.25, -0.2) is 23.1 Å². The smallest absolute Gasteiger partial charge is 0.246 e. The van der Waals surface area contributed by atoms with Gasteiger partial charge in [0.25, 0.3) is 0 Å². The standard InChI is InChI=1S/C15H16N4O4S/c1-9-8-23-15-13(24(21,22)19-9)5-12(7-17-15)11-3-4-16-14(6-11)18-10(2)20/h3-7,9,19H,8H2,1-2H3,(H,16,18,20)/t9-/m0/s1. The van der Waals surface area contributed by atoms with Gasteiger partial charge in [-0.3, -0.25) is 4.79 Å². The first-order chi connectivity index (χ1) is 11.3. The van der Waals surface area contributed by atoms with Crippen LogP contribution >= 0.6 is 0 Å². The van der Waals surface area contributed by atoms with Gasteiger partial charge in [0.05, 0.1) is 6.04 Å². The zero-order valence-electron chi connectivity index (χ0n) is 13.1. The number of carbonyl (C=O) groups excluding carboxylic acids is 1. The zero-order valence-corrected chi connectivity index (χ0v) is 13.9. The topological polar surface area (TPSA) is 110 Å². The zero-order chi connectivity index (χ0) is 17.3. The third kappa shape index (κ3) is 3.36. The first-order valence-corrected chi connectivity index (χ1v) is 8.72. The fraction of sp³-hybridized carbons (Fsp3) is 0.267. The molecule has 24 heavy (non-hydrogen) atoms. The number of aromatic nitrogens is 2. The van der Waals surface area contributed by atoms with Crippen LogP contribution < -0.4 is 14.8 Å². The lowest BCUT2D eigenvalue weighted by Gasteiger charge is -2.09. The molecule has 0 saturated carbocycles. The highest BCUT2D eigenvalue weighted by molar-refractivity contribution is 7.89. The maximum atomic E-state index is 12.4. The minimum absolute atomic E-state index is 0.0118. The lowest BCUT2D eigenvalue weighted by atomic mass is 10.1. The Morgan fingerprint density at radius 3 is 2.88 bits per heavy atom. The Bertz CT molecular complexity index is 898. The van der Waals surface area contributed by atoms with Crippen molar-refractivity contribution in [3.63, 3.8) is 0 Å². The van der Waals surface area contributed by atoms with Crippen LogP contribution in [0, 0.1) is 0 Å². The monoisotopic (exact) mass is 348 g/mol. The molecule has 9 heteroatoms. The van der Waals surface area contributed by atoms with Gasteiger partial charge in [0, 0.05) is 24.9 Å². The van der Waals surface area contributed by atoms with Gasteiger partial charge in [-0.2, -0.15) is 0 Å². The molecule has 0 bridgehead atoms. The number of ether oxygens (including phenoxy) is 1. The summed E-state index contributed by atoms with van der Waals surface area (Å²) in [4.78, 5) is 19.3. The third-order valence-electron chi connectivity index (χ3n) is 3.33. The van der Waals surface area contributed by atoms with Gasteiger partial charge in [-0.15, -0.1) is 0 Å². The molecule has 0 saturated heterocycles. The highest BCUT2D eigenvalue weighted by Gasteiger charge is 2.27. The van der Waals surface area contributed by atoms with Gasteiger partial charge in [-0.05, 0) is 30.7 Å². The molecule has 1 aliphatic heterocycles. The van der Waals surface area contributed by atoms with Crippen molar-refractivity contribution in [1.29, 1.82) is 0 Å². The molecule has 0 spiro atoms. The van der Waals surface area contributed by atoms with Gasteiger partial charge < -0.3 is 10.1 Å². The quantitative estimate of drug-likeness (QED) is 0.843. The first kappa shape index (κ1) is 16.3. The third-order valence-corrected chi connectivity index (χ3v) is 4.92. The van der Waals surface area contributed by atoms with E-state index in [4.69, 9.17) is 4.74 Å². The second kappa shape index (κ2) is 6.17. The summed E-state index contributed by atoms with van der Waals surface area (Å²) in [6.07, 6.45) is 3.05. The van der Waals surface area contributed by atoms with E-state index in [9.17, 15) is 13.2 Å². The van der Waals surface area contributed by atoms with Crippen LogP contribution in [0.2, 0.25) is 0 Å². The lowest BCUT2D eigenvalue weighted by Crippen LogP contribution is -2.34. The Hall–Kier alpha value is -2.52. The number of nitrogens with zero attached hydrogens (tertiary/aromatic N) is 2. The molecule has 3 rings (SSSR count). The molecular weight excluding hydrogens is 332 g/mol. The number of rotatable bonds is 2. The predicted molar refractivity (Wildman–Crippen MR) is 87.1 cm³/mol. The molecule has 0 fully saturated rings. The minimum Gasteiger partial charge on any atom is -0.475 e. The Morgan fingerprint density at radius 1 is 1.33 bits per heavy atom. The van der Waals surface area contributed by atoms with Crippen molar-refractivity contribution in [3.05, 3.63) is 30.6 Å². The second-order valence-corrected chi connectivity index (χ2v) is 7.15. The lowest BCUT2D eigenvalue weighted by molar-refractivity contribution is -0.114. The molecule has 8 nitrogen and oxygen atoms in total. The second-order valence-electron chi connectivity index (χ2n) is 5.47. The number of carbonyl (C=O) groups is 1. The fourth-order valence-electron chi connectivity index (χ4n) is 2.32. The van der Waals surface area contributed by atoms with E-state index in [2.05, 4.69) is 20.0 Å². The molecule has 3 heterocycles. The van der Waals surface area contributed by atoms with Gasteiger partial charge in [0.15, 0.2) is 0 Å². The molecule has 1 aliphatic rings. The van der Waals surface area contributed by atoms with Crippen LogP contribution in [0.5, 0.6) is 5.88 Å². The minimum atomic E-state index is -3.71. The average Bonchev–Trinajstić information content (AvgIpc) is 2.62. The van der Waals surface area contributed by atoms with Crippen molar-refractivity contribution in [2.24, 2.45) is 0 Å². The predicted octanol–water partition coefficient (Wildman–Crippen LogP) is 1.16. The van der Waals surface area contributed by atoms with Crippen LogP contribution in [0.4, 0.5) is 5.82 Å². The maximum absolute atomic E-state index is 12.4. The number of hydrogen-bond acceptors (Lipinski definition) is 6. The highest BCUT2D eigenvalue weighted by atomic mass is 32.2. The number of fused-ring (bicyclic) bond motifs is 1. The molecule has 1 amide bonds. The number of amides is 1. The summed E-state index contributed by atoms with van der Waals surface area (Å²) in [7, 11) is -3.71. The van der Waals surface area contributed by atoms with Crippen molar-refractivity contribution >= 4 is 21.7 Å². The van der Waals surface area contributed by atoms with Crippen LogP contribution in [-0.2, 0) is 14.8 Å². The first-order valence-electron chi connectivity index (χ1n) is 7.24. The molecule has 2 N–H and O–H groups in total. The molecular formula is C15H16N4O4S. The summed E-state index contributed by atoms with van der Waals surface area (Å²) < 4.78 is 32.8. The fourth-order valence-corrected chi connectivity index (χ4v) is 3.66. The average molecular weight is 348 g/mol. The van der Waals surface area contributed by atoms with E-state index in [0.717, 1.165) is 0 Å². The van der Waals surface area contributed by atoms with Crippen molar-refractivity contribution in [3.8, 4) is 17.0 Å².